The number of anilines is 1. The number of halogens is 1. The van der Waals surface area contributed by atoms with Crippen molar-refractivity contribution in [2.75, 3.05) is 24.6 Å². The number of rotatable bonds is 5. The highest BCUT2D eigenvalue weighted by Gasteiger charge is 2.20. The molecule has 1 N–H and O–H groups in total. The first-order valence-electron chi connectivity index (χ1n) is 6.50. The molecular weight excluding hydrogens is 250 g/mol. The molecule has 0 bridgehead atoms. The van der Waals surface area contributed by atoms with E-state index < -0.39 is 0 Å². The predicted molar refractivity (Wildman–Crippen MR) is 74.2 cm³/mol. The van der Waals surface area contributed by atoms with E-state index in [1.807, 2.05) is 18.2 Å². The highest BCUT2D eigenvalue weighted by molar-refractivity contribution is 6.30. The van der Waals surface area contributed by atoms with Crippen LogP contribution in [0.15, 0.2) is 18.2 Å². The molecule has 1 aliphatic heterocycles. The van der Waals surface area contributed by atoms with E-state index in [0.29, 0.717) is 11.1 Å². The Kier molecular flexibility index (Phi) is 4.87. The lowest BCUT2D eigenvalue weighted by Crippen LogP contribution is -2.32. The number of aliphatic hydroxyl groups is 1. The second-order valence-corrected chi connectivity index (χ2v) is 5.04. The zero-order chi connectivity index (χ0) is 13.0. The fourth-order valence-electron chi connectivity index (χ4n) is 2.42. The number of benzene rings is 1. The molecule has 100 valence electrons. The molecule has 1 aliphatic rings. The van der Waals surface area contributed by atoms with Gasteiger partial charge in [-0.1, -0.05) is 11.6 Å². The van der Waals surface area contributed by atoms with Crippen LogP contribution in [0.3, 0.4) is 0 Å². The average Bonchev–Trinajstić information content (AvgIpc) is 2.89. The van der Waals surface area contributed by atoms with Gasteiger partial charge in [-0.3, -0.25) is 0 Å². The third kappa shape index (κ3) is 3.16. The molecule has 0 saturated carbocycles. The average molecular weight is 270 g/mol. The molecule has 0 aromatic heterocycles. The number of hydrogen-bond acceptors (Lipinski definition) is 3. The van der Waals surface area contributed by atoms with Gasteiger partial charge in [0.25, 0.3) is 0 Å². The van der Waals surface area contributed by atoms with Gasteiger partial charge < -0.3 is 14.7 Å². The third-order valence-corrected chi connectivity index (χ3v) is 3.62. The highest BCUT2D eigenvalue weighted by Crippen LogP contribution is 2.26. The summed E-state index contributed by atoms with van der Waals surface area (Å²) in [6.07, 6.45) is 2.58. The summed E-state index contributed by atoms with van der Waals surface area (Å²) >= 11 is 5.96. The molecule has 2 rings (SSSR count). The smallest absolute Gasteiger partial charge is 0.0750 e. The van der Waals surface area contributed by atoms with E-state index in [-0.39, 0.29) is 6.61 Å². The molecule has 3 nitrogen and oxygen atoms in total. The summed E-state index contributed by atoms with van der Waals surface area (Å²) in [5.74, 6) is 0. The molecule has 0 spiro atoms. The molecule has 18 heavy (non-hydrogen) atoms. The molecular formula is C14H20ClNO2. The zero-order valence-electron chi connectivity index (χ0n) is 10.7. The van der Waals surface area contributed by atoms with Crippen molar-refractivity contribution in [1.82, 2.24) is 0 Å². The van der Waals surface area contributed by atoms with E-state index in [9.17, 15) is 5.11 Å². The Morgan fingerprint density at radius 1 is 1.50 bits per heavy atom. The van der Waals surface area contributed by atoms with Crippen molar-refractivity contribution in [2.45, 2.75) is 32.5 Å². The van der Waals surface area contributed by atoms with Gasteiger partial charge in [0.1, 0.15) is 0 Å². The summed E-state index contributed by atoms with van der Waals surface area (Å²) in [4.78, 5) is 2.25. The SMILES string of the molecule is CCN(CC1CCCO1)c1ccc(Cl)cc1CO. The Morgan fingerprint density at radius 2 is 2.33 bits per heavy atom. The van der Waals surface area contributed by atoms with Gasteiger partial charge in [-0.2, -0.15) is 0 Å². The number of ether oxygens (including phenoxy) is 1. The summed E-state index contributed by atoms with van der Waals surface area (Å²) in [6, 6.07) is 5.68. The van der Waals surface area contributed by atoms with Gasteiger partial charge in [-0.05, 0) is 38.0 Å². The van der Waals surface area contributed by atoms with Gasteiger partial charge in [0.15, 0.2) is 0 Å². The standard InChI is InChI=1S/C14H20ClNO2/c1-2-16(9-13-4-3-7-18-13)14-6-5-12(15)8-11(14)10-17/h5-6,8,13,17H,2-4,7,9-10H2,1H3. The fraction of sp³-hybridized carbons (Fsp3) is 0.571. The fourth-order valence-corrected chi connectivity index (χ4v) is 2.62. The summed E-state index contributed by atoms with van der Waals surface area (Å²) in [5.41, 5.74) is 1.93. The van der Waals surface area contributed by atoms with E-state index in [1.165, 1.54) is 0 Å². The van der Waals surface area contributed by atoms with Crippen LogP contribution in [0.1, 0.15) is 25.3 Å². The number of likely N-dealkylation sites (N-methyl/N-ethyl adjacent to an activating group) is 1. The van der Waals surface area contributed by atoms with E-state index in [0.717, 1.165) is 43.8 Å². The van der Waals surface area contributed by atoms with Gasteiger partial charge in [-0.15, -0.1) is 0 Å². The largest absolute Gasteiger partial charge is 0.392 e. The normalized spacial score (nSPS) is 19.2. The summed E-state index contributed by atoms with van der Waals surface area (Å²) < 4.78 is 5.67. The van der Waals surface area contributed by atoms with Gasteiger partial charge in [0.05, 0.1) is 12.7 Å². The van der Waals surface area contributed by atoms with Crippen LogP contribution in [0.4, 0.5) is 5.69 Å². The second kappa shape index (κ2) is 6.41. The number of hydrogen-bond donors (Lipinski definition) is 1. The van der Waals surface area contributed by atoms with E-state index in [2.05, 4.69) is 11.8 Å². The third-order valence-electron chi connectivity index (χ3n) is 3.38. The van der Waals surface area contributed by atoms with Crippen LogP contribution in [0, 0.1) is 0 Å². The van der Waals surface area contributed by atoms with Crippen molar-refractivity contribution < 1.29 is 9.84 Å². The van der Waals surface area contributed by atoms with Crippen molar-refractivity contribution >= 4 is 17.3 Å². The molecule has 1 saturated heterocycles. The maximum absolute atomic E-state index is 9.43. The van der Waals surface area contributed by atoms with Crippen LogP contribution >= 0.6 is 11.6 Å². The van der Waals surface area contributed by atoms with Crippen molar-refractivity contribution in [1.29, 1.82) is 0 Å². The van der Waals surface area contributed by atoms with Crippen LogP contribution in [-0.4, -0.2) is 30.9 Å². The van der Waals surface area contributed by atoms with Crippen molar-refractivity contribution in [3.8, 4) is 0 Å². The lowest BCUT2D eigenvalue weighted by atomic mass is 10.1. The first-order valence-corrected chi connectivity index (χ1v) is 6.88. The first-order chi connectivity index (χ1) is 8.74. The molecule has 1 aromatic rings. The molecule has 1 atom stereocenters. The van der Waals surface area contributed by atoms with Crippen LogP contribution in [0.2, 0.25) is 5.02 Å². The van der Waals surface area contributed by atoms with E-state index in [1.54, 1.807) is 0 Å². The number of nitrogens with zero attached hydrogens (tertiary/aromatic N) is 1. The minimum Gasteiger partial charge on any atom is -0.392 e. The van der Waals surface area contributed by atoms with Gasteiger partial charge in [0.2, 0.25) is 0 Å². The molecule has 1 fully saturated rings. The van der Waals surface area contributed by atoms with Gasteiger partial charge in [0, 0.05) is 36.0 Å². The van der Waals surface area contributed by atoms with Crippen LogP contribution in [-0.2, 0) is 11.3 Å². The summed E-state index contributed by atoms with van der Waals surface area (Å²) in [6.45, 7) is 4.78. The van der Waals surface area contributed by atoms with Crippen molar-refractivity contribution in [2.24, 2.45) is 0 Å². The van der Waals surface area contributed by atoms with Crippen LogP contribution in [0.25, 0.3) is 0 Å². The molecule has 0 radical (unpaired) electrons. The minimum atomic E-state index is 0.0118. The Bertz CT molecular complexity index is 391. The Morgan fingerprint density at radius 3 is 2.94 bits per heavy atom. The number of aliphatic hydroxyl groups excluding tert-OH is 1. The molecule has 0 aliphatic carbocycles. The Labute approximate surface area is 113 Å². The molecule has 4 heteroatoms. The minimum absolute atomic E-state index is 0.0118. The Balaban J connectivity index is 2.15. The lowest BCUT2D eigenvalue weighted by molar-refractivity contribution is 0.115. The molecule has 0 amide bonds. The quantitative estimate of drug-likeness (QED) is 0.892. The topological polar surface area (TPSA) is 32.7 Å². The van der Waals surface area contributed by atoms with Crippen molar-refractivity contribution in [3.63, 3.8) is 0 Å². The highest BCUT2D eigenvalue weighted by atomic mass is 35.5. The van der Waals surface area contributed by atoms with Crippen LogP contribution < -0.4 is 4.90 Å². The first kappa shape index (κ1) is 13.7. The predicted octanol–water partition coefficient (Wildman–Crippen LogP) is 2.84. The van der Waals surface area contributed by atoms with E-state index >= 15 is 0 Å². The maximum Gasteiger partial charge on any atom is 0.0750 e. The summed E-state index contributed by atoms with van der Waals surface area (Å²) in [5, 5.41) is 10.1. The molecule has 1 aromatic carbocycles. The summed E-state index contributed by atoms with van der Waals surface area (Å²) in [7, 11) is 0. The molecule has 1 heterocycles. The van der Waals surface area contributed by atoms with E-state index in [4.69, 9.17) is 16.3 Å². The van der Waals surface area contributed by atoms with Gasteiger partial charge in [-0.25, -0.2) is 0 Å². The maximum atomic E-state index is 9.43. The lowest BCUT2D eigenvalue weighted by Gasteiger charge is -2.28. The van der Waals surface area contributed by atoms with Crippen LogP contribution in [0.5, 0.6) is 0 Å². The Hall–Kier alpha value is -0.770. The molecule has 1 unspecified atom stereocenters. The monoisotopic (exact) mass is 269 g/mol. The van der Waals surface area contributed by atoms with Crippen molar-refractivity contribution in [3.05, 3.63) is 28.8 Å². The zero-order valence-corrected chi connectivity index (χ0v) is 11.5. The van der Waals surface area contributed by atoms with Gasteiger partial charge >= 0.3 is 0 Å². The second-order valence-electron chi connectivity index (χ2n) is 4.60.